The molecular formula is C20H27N3O4S. The minimum Gasteiger partial charge on any atom is -0.497 e. The number of rotatable bonds is 7. The van der Waals surface area contributed by atoms with Gasteiger partial charge in [-0.1, -0.05) is 6.07 Å². The van der Waals surface area contributed by atoms with Gasteiger partial charge in [0.05, 0.1) is 25.0 Å². The van der Waals surface area contributed by atoms with E-state index >= 15 is 0 Å². The Morgan fingerprint density at radius 3 is 2.75 bits per heavy atom. The van der Waals surface area contributed by atoms with Crippen molar-refractivity contribution in [3.63, 3.8) is 0 Å². The first-order valence-corrected chi connectivity index (χ1v) is 11.2. The van der Waals surface area contributed by atoms with Crippen LogP contribution in [0.25, 0.3) is 0 Å². The summed E-state index contributed by atoms with van der Waals surface area (Å²) in [5.74, 6) is 1.75. The Balaban J connectivity index is 1.59. The number of aromatic nitrogens is 2. The molecule has 2 heterocycles. The van der Waals surface area contributed by atoms with Gasteiger partial charge in [-0.05, 0) is 51.2 Å². The smallest absolute Gasteiger partial charge is 0.247 e. The van der Waals surface area contributed by atoms with E-state index in [1.165, 1.54) is 6.20 Å². The van der Waals surface area contributed by atoms with Gasteiger partial charge < -0.3 is 9.47 Å². The maximum Gasteiger partial charge on any atom is 0.247 e. The zero-order valence-electron chi connectivity index (χ0n) is 16.5. The second kappa shape index (κ2) is 7.40. The summed E-state index contributed by atoms with van der Waals surface area (Å²) >= 11 is 0. The molecular weight excluding hydrogens is 378 g/mol. The Morgan fingerprint density at radius 1 is 1.25 bits per heavy atom. The molecule has 0 spiro atoms. The summed E-state index contributed by atoms with van der Waals surface area (Å²) in [5.41, 5.74) is 0.692. The molecule has 2 fully saturated rings. The fourth-order valence-corrected chi connectivity index (χ4v) is 6.68. The predicted octanol–water partition coefficient (Wildman–Crippen LogP) is 2.84. The lowest BCUT2D eigenvalue weighted by Crippen LogP contribution is -2.47. The number of hydrogen-bond acceptors (Lipinski definition) is 5. The van der Waals surface area contributed by atoms with Gasteiger partial charge in [0.2, 0.25) is 10.0 Å². The summed E-state index contributed by atoms with van der Waals surface area (Å²) < 4.78 is 41.6. The maximum atomic E-state index is 13.5. The molecule has 0 amide bonds. The highest BCUT2D eigenvalue weighted by atomic mass is 32.2. The monoisotopic (exact) mass is 405 g/mol. The molecule has 2 aromatic rings. The van der Waals surface area contributed by atoms with Crippen LogP contribution < -0.4 is 9.47 Å². The quantitative estimate of drug-likeness (QED) is 0.708. The van der Waals surface area contributed by atoms with Gasteiger partial charge in [-0.15, -0.1) is 0 Å². The summed E-state index contributed by atoms with van der Waals surface area (Å²) in [7, 11) is -2.00. The highest BCUT2D eigenvalue weighted by Gasteiger charge is 2.52. The van der Waals surface area contributed by atoms with Gasteiger partial charge in [0.25, 0.3) is 0 Å². The molecule has 1 saturated carbocycles. The van der Waals surface area contributed by atoms with Crippen LogP contribution in [0.3, 0.4) is 0 Å². The third-order valence-electron chi connectivity index (χ3n) is 6.05. The van der Waals surface area contributed by atoms with Crippen LogP contribution in [0.1, 0.15) is 31.9 Å². The van der Waals surface area contributed by atoms with Crippen LogP contribution in [0.5, 0.6) is 11.5 Å². The van der Waals surface area contributed by atoms with Crippen molar-refractivity contribution in [2.24, 2.45) is 5.92 Å². The summed E-state index contributed by atoms with van der Waals surface area (Å²) in [6.07, 6.45) is 4.36. The van der Waals surface area contributed by atoms with Gasteiger partial charge in [0.1, 0.15) is 23.0 Å². The Kier molecular flexibility index (Phi) is 5.09. The second-order valence-electron chi connectivity index (χ2n) is 7.53. The SMILES string of the molecule is CCn1ncc(S(=O)(=O)N2C3CCC(C3)[C@@H]2COc2cccc(OC)c2)c1C. The number of ether oxygens (including phenoxy) is 2. The molecule has 2 unspecified atom stereocenters. The van der Waals surface area contributed by atoms with Crippen LogP contribution in [-0.4, -0.2) is 48.3 Å². The first kappa shape index (κ1) is 19.3. The average molecular weight is 406 g/mol. The number of sulfonamides is 1. The molecule has 152 valence electrons. The molecule has 0 radical (unpaired) electrons. The molecule has 3 atom stereocenters. The lowest BCUT2D eigenvalue weighted by atomic mass is 10.0. The molecule has 0 N–H and O–H groups in total. The largest absolute Gasteiger partial charge is 0.497 e. The minimum atomic E-state index is -3.61. The molecule has 2 aliphatic rings. The minimum absolute atomic E-state index is 0.0540. The van der Waals surface area contributed by atoms with Crippen molar-refractivity contribution in [1.29, 1.82) is 0 Å². The van der Waals surface area contributed by atoms with E-state index in [0.29, 0.717) is 35.4 Å². The summed E-state index contributed by atoms with van der Waals surface area (Å²) in [6.45, 7) is 4.77. The molecule has 1 aliphatic heterocycles. The second-order valence-corrected chi connectivity index (χ2v) is 9.34. The fourth-order valence-electron chi connectivity index (χ4n) is 4.62. The Hall–Kier alpha value is -2.06. The van der Waals surface area contributed by atoms with Crippen LogP contribution in [0, 0.1) is 12.8 Å². The van der Waals surface area contributed by atoms with Crippen LogP contribution >= 0.6 is 0 Å². The number of piperidine rings is 1. The molecule has 7 nitrogen and oxygen atoms in total. The number of benzene rings is 1. The number of aryl methyl sites for hydroxylation is 1. The Bertz CT molecular complexity index is 956. The van der Waals surface area contributed by atoms with E-state index in [0.717, 1.165) is 25.0 Å². The average Bonchev–Trinajstić information content (AvgIpc) is 3.40. The van der Waals surface area contributed by atoms with Crippen LogP contribution in [0.2, 0.25) is 0 Å². The van der Waals surface area contributed by atoms with Gasteiger partial charge in [-0.3, -0.25) is 4.68 Å². The zero-order valence-corrected chi connectivity index (χ0v) is 17.4. The molecule has 1 saturated heterocycles. The standard InChI is InChI=1S/C20H27N3O4S/c1-4-22-14(2)20(12-21-22)28(24,25)23-16-9-8-15(10-16)19(23)13-27-18-7-5-6-17(11-18)26-3/h5-7,11-12,15-16,19H,4,8-10,13H2,1-3H3/t15?,16?,19-/m0/s1. The molecule has 4 rings (SSSR count). The third-order valence-corrected chi connectivity index (χ3v) is 8.13. The van der Waals surface area contributed by atoms with Gasteiger partial charge in [0, 0.05) is 18.7 Å². The summed E-state index contributed by atoms with van der Waals surface area (Å²) in [4.78, 5) is 0.313. The highest BCUT2D eigenvalue weighted by Crippen LogP contribution is 2.45. The van der Waals surface area contributed by atoms with Crippen molar-refractivity contribution >= 4 is 10.0 Å². The number of hydrogen-bond donors (Lipinski definition) is 0. The van der Waals surface area contributed by atoms with Crippen molar-refractivity contribution in [2.75, 3.05) is 13.7 Å². The molecule has 1 aromatic heterocycles. The van der Waals surface area contributed by atoms with Crippen molar-refractivity contribution in [3.8, 4) is 11.5 Å². The predicted molar refractivity (Wildman–Crippen MR) is 105 cm³/mol. The van der Waals surface area contributed by atoms with Gasteiger partial charge in [-0.2, -0.15) is 9.40 Å². The first-order valence-electron chi connectivity index (χ1n) is 9.78. The van der Waals surface area contributed by atoms with Gasteiger partial charge >= 0.3 is 0 Å². The molecule has 8 heteroatoms. The normalized spacial score (nSPS) is 24.6. The highest BCUT2D eigenvalue weighted by molar-refractivity contribution is 7.89. The Morgan fingerprint density at radius 2 is 2.04 bits per heavy atom. The third kappa shape index (κ3) is 3.18. The van der Waals surface area contributed by atoms with E-state index in [4.69, 9.17) is 9.47 Å². The molecule has 2 bridgehead atoms. The number of fused-ring (bicyclic) bond motifs is 2. The van der Waals surface area contributed by atoms with Crippen LogP contribution in [-0.2, 0) is 16.6 Å². The van der Waals surface area contributed by atoms with E-state index in [1.807, 2.05) is 38.1 Å². The molecule has 28 heavy (non-hydrogen) atoms. The van der Waals surface area contributed by atoms with E-state index < -0.39 is 10.0 Å². The van der Waals surface area contributed by atoms with Crippen LogP contribution in [0.15, 0.2) is 35.4 Å². The van der Waals surface area contributed by atoms with E-state index in [-0.39, 0.29) is 12.1 Å². The number of methoxy groups -OCH3 is 1. The van der Waals surface area contributed by atoms with Gasteiger partial charge in [-0.25, -0.2) is 8.42 Å². The lowest BCUT2D eigenvalue weighted by molar-refractivity contribution is 0.162. The number of nitrogens with zero attached hydrogens (tertiary/aromatic N) is 3. The van der Waals surface area contributed by atoms with Crippen molar-refractivity contribution in [3.05, 3.63) is 36.2 Å². The zero-order chi connectivity index (χ0) is 19.9. The fraction of sp³-hybridized carbons (Fsp3) is 0.550. The topological polar surface area (TPSA) is 73.7 Å². The van der Waals surface area contributed by atoms with Gasteiger partial charge in [0.15, 0.2) is 0 Å². The molecule has 1 aliphatic carbocycles. The Labute approximate surface area is 166 Å². The van der Waals surface area contributed by atoms with E-state index in [1.54, 1.807) is 16.1 Å². The van der Waals surface area contributed by atoms with Crippen molar-refractivity contribution < 1.29 is 17.9 Å². The molecule has 1 aromatic carbocycles. The van der Waals surface area contributed by atoms with Crippen molar-refractivity contribution in [2.45, 2.75) is 56.6 Å². The van der Waals surface area contributed by atoms with E-state index in [2.05, 4.69) is 5.10 Å². The first-order chi connectivity index (χ1) is 13.5. The lowest BCUT2D eigenvalue weighted by Gasteiger charge is -2.34. The maximum absolute atomic E-state index is 13.5. The van der Waals surface area contributed by atoms with Crippen molar-refractivity contribution in [1.82, 2.24) is 14.1 Å². The van der Waals surface area contributed by atoms with E-state index in [9.17, 15) is 8.42 Å². The summed E-state index contributed by atoms with van der Waals surface area (Å²) in [6, 6.07) is 7.31. The van der Waals surface area contributed by atoms with Crippen LogP contribution in [0.4, 0.5) is 0 Å². The summed E-state index contributed by atoms with van der Waals surface area (Å²) in [5, 5.41) is 4.24.